The van der Waals surface area contributed by atoms with Crippen molar-refractivity contribution in [3.05, 3.63) is 59.0 Å². The fourth-order valence-corrected chi connectivity index (χ4v) is 3.30. The van der Waals surface area contributed by atoms with Crippen molar-refractivity contribution in [3.63, 3.8) is 0 Å². The molecule has 28 heavy (non-hydrogen) atoms. The van der Waals surface area contributed by atoms with Gasteiger partial charge in [0.05, 0.1) is 13.0 Å². The van der Waals surface area contributed by atoms with E-state index < -0.39 is 0 Å². The molecule has 1 aromatic carbocycles. The number of unbranched alkanes of at least 4 members (excludes halogenated alkanes) is 1. The number of ether oxygens (including phenoxy) is 1. The number of hydrogen-bond acceptors (Lipinski definition) is 4. The van der Waals surface area contributed by atoms with Crippen LogP contribution >= 0.6 is 0 Å². The Bertz CT molecular complexity index is 876. The maximum atomic E-state index is 12.4. The number of rotatable bonds is 8. The van der Waals surface area contributed by atoms with Crippen molar-refractivity contribution >= 4 is 17.5 Å². The normalized spacial score (nSPS) is 16.2. The molecule has 1 aromatic heterocycles. The average molecular weight is 383 g/mol. The first-order valence-electron chi connectivity index (χ1n) is 9.46. The van der Waals surface area contributed by atoms with Gasteiger partial charge in [-0.15, -0.1) is 0 Å². The van der Waals surface area contributed by atoms with E-state index >= 15 is 0 Å². The Hall–Kier alpha value is -3.09. The molecule has 1 aliphatic heterocycles. The van der Waals surface area contributed by atoms with Crippen LogP contribution in [0.25, 0.3) is 0 Å². The molecule has 1 atom stereocenters. The molecule has 0 saturated carbocycles. The molecule has 2 heterocycles. The third kappa shape index (κ3) is 4.79. The van der Waals surface area contributed by atoms with Crippen LogP contribution in [-0.2, 0) is 16.1 Å². The molecule has 148 valence electrons. The van der Waals surface area contributed by atoms with Crippen LogP contribution in [0.4, 0.5) is 5.69 Å². The van der Waals surface area contributed by atoms with Gasteiger partial charge in [-0.1, -0.05) is 6.07 Å². The van der Waals surface area contributed by atoms with Gasteiger partial charge in [-0.05, 0) is 43.2 Å². The molecule has 1 aliphatic rings. The maximum Gasteiger partial charge on any atom is 0.250 e. The van der Waals surface area contributed by atoms with Gasteiger partial charge in [0, 0.05) is 44.0 Å². The largest absolute Gasteiger partial charge is 0.497 e. The summed E-state index contributed by atoms with van der Waals surface area (Å²) >= 11 is 0. The molecule has 1 saturated heterocycles. The molecule has 7 heteroatoms. The molecule has 2 amide bonds. The van der Waals surface area contributed by atoms with E-state index in [-0.39, 0.29) is 29.7 Å². The number of nitrogens with one attached hydrogen (secondary N) is 1. The zero-order chi connectivity index (χ0) is 19.9. The number of amides is 2. The van der Waals surface area contributed by atoms with Crippen molar-refractivity contribution in [2.24, 2.45) is 5.92 Å². The average Bonchev–Trinajstić information content (AvgIpc) is 3.11. The smallest absolute Gasteiger partial charge is 0.250 e. The van der Waals surface area contributed by atoms with Crippen molar-refractivity contribution in [1.29, 1.82) is 0 Å². The fraction of sp³-hybridized carbons (Fsp3) is 0.381. The van der Waals surface area contributed by atoms with Crippen LogP contribution in [0.5, 0.6) is 5.75 Å². The molecule has 0 radical (unpaired) electrons. The highest BCUT2D eigenvalue weighted by atomic mass is 16.5. The third-order valence-corrected chi connectivity index (χ3v) is 4.90. The summed E-state index contributed by atoms with van der Waals surface area (Å²) in [7, 11) is 1.59. The van der Waals surface area contributed by atoms with Gasteiger partial charge in [-0.2, -0.15) is 0 Å². The summed E-state index contributed by atoms with van der Waals surface area (Å²) < 4.78 is 6.79. The second-order valence-corrected chi connectivity index (χ2v) is 6.83. The summed E-state index contributed by atoms with van der Waals surface area (Å²) in [5.74, 6) is 0.240. The Morgan fingerprint density at radius 1 is 1.14 bits per heavy atom. The lowest BCUT2D eigenvalue weighted by atomic mass is 10.1. The second-order valence-electron chi connectivity index (χ2n) is 6.83. The minimum absolute atomic E-state index is 0.0189. The van der Waals surface area contributed by atoms with Gasteiger partial charge in [0.1, 0.15) is 5.75 Å². The predicted molar refractivity (Wildman–Crippen MR) is 106 cm³/mol. The SMILES string of the molecule is COc1ccc(N2CC(C(=O)NCCCCn3ccccc3=O)CC2=O)cc1. The number of aromatic nitrogens is 1. The lowest BCUT2D eigenvalue weighted by molar-refractivity contribution is -0.126. The number of hydrogen-bond donors (Lipinski definition) is 1. The van der Waals surface area contributed by atoms with Gasteiger partial charge >= 0.3 is 0 Å². The molecule has 1 N–H and O–H groups in total. The van der Waals surface area contributed by atoms with E-state index in [1.54, 1.807) is 41.0 Å². The van der Waals surface area contributed by atoms with Crippen molar-refractivity contribution in [3.8, 4) is 5.75 Å². The van der Waals surface area contributed by atoms with Crippen LogP contribution < -0.4 is 20.5 Å². The quantitative estimate of drug-likeness (QED) is 0.705. The summed E-state index contributed by atoms with van der Waals surface area (Å²) in [5.41, 5.74) is 0.754. The van der Waals surface area contributed by atoms with Crippen LogP contribution in [0, 0.1) is 5.92 Å². The number of aryl methyl sites for hydroxylation is 1. The summed E-state index contributed by atoms with van der Waals surface area (Å²) in [6, 6.07) is 12.3. The Morgan fingerprint density at radius 3 is 2.64 bits per heavy atom. The van der Waals surface area contributed by atoms with Gasteiger partial charge < -0.3 is 19.5 Å². The molecule has 2 aromatic rings. The first-order valence-corrected chi connectivity index (χ1v) is 9.46. The highest BCUT2D eigenvalue weighted by Gasteiger charge is 2.34. The van der Waals surface area contributed by atoms with Crippen LogP contribution in [-0.4, -0.2) is 36.6 Å². The van der Waals surface area contributed by atoms with Gasteiger partial charge in [0.15, 0.2) is 0 Å². The molecule has 0 spiro atoms. The first-order chi connectivity index (χ1) is 13.6. The Morgan fingerprint density at radius 2 is 1.93 bits per heavy atom. The van der Waals surface area contributed by atoms with Gasteiger partial charge in [0.2, 0.25) is 17.4 Å². The number of benzene rings is 1. The van der Waals surface area contributed by atoms with Crippen LogP contribution in [0.3, 0.4) is 0 Å². The van der Waals surface area contributed by atoms with E-state index in [9.17, 15) is 14.4 Å². The van der Waals surface area contributed by atoms with Crippen LogP contribution in [0.15, 0.2) is 53.5 Å². The standard InChI is InChI=1S/C21H25N3O4/c1-28-18-9-7-17(8-10-18)24-15-16(14-20(24)26)21(27)22-11-3-5-13-23-12-4-2-6-19(23)25/h2,4,6-10,12,16H,3,5,11,13-15H2,1H3,(H,22,27). The predicted octanol–water partition coefficient (Wildman–Crippen LogP) is 1.81. The van der Waals surface area contributed by atoms with Gasteiger partial charge in [-0.25, -0.2) is 0 Å². The van der Waals surface area contributed by atoms with Crippen molar-refractivity contribution < 1.29 is 14.3 Å². The van der Waals surface area contributed by atoms with Crippen LogP contribution in [0.2, 0.25) is 0 Å². The molecule has 1 fully saturated rings. The Kier molecular flexibility index (Phi) is 6.47. The monoisotopic (exact) mass is 383 g/mol. The molecule has 0 aliphatic carbocycles. The number of nitrogens with zero attached hydrogens (tertiary/aromatic N) is 2. The molecule has 3 rings (SSSR count). The summed E-state index contributed by atoms with van der Waals surface area (Å²) in [6.07, 6.45) is 3.55. The summed E-state index contributed by atoms with van der Waals surface area (Å²) in [6.45, 7) is 1.55. The molecule has 1 unspecified atom stereocenters. The minimum Gasteiger partial charge on any atom is -0.497 e. The first kappa shape index (κ1) is 19.7. The summed E-state index contributed by atoms with van der Waals surface area (Å²) in [5, 5.41) is 2.91. The molecular formula is C21H25N3O4. The molecular weight excluding hydrogens is 358 g/mol. The zero-order valence-electron chi connectivity index (χ0n) is 16.0. The van der Waals surface area contributed by atoms with E-state index in [0.717, 1.165) is 24.3 Å². The Balaban J connectivity index is 1.43. The van der Waals surface area contributed by atoms with Gasteiger partial charge in [-0.3, -0.25) is 14.4 Å². The zero-order valence-corrected chi connectivity index (χ0v) is 16.0. The van der Waals surface area contributed by atoms with E-state index in [2.05, 4.69) is 5.32 Å². The van der Waals surface area contributed by atoms with E-state index in [4.69, 9.17) is 4.74 Å². The topological polar surface area (TPSA) is 80.6 Å². The van der Waals surface area contributed by atoms with Crippen molar-refractivity contribution in [1.82, 2.24) is 9.88 Å². The van der Waals surface area contributed by atoms with Crippen molar-refractivity contribution in [2.45, 2.75) is 25.8 Å². The van der Waals surface area contributed by atoms with Gasteiger partial charge in [0.25, 0.3) is 0 Å². The molecule has 7 nitrogen and oxygen atoms in total. The van der Waals surface area contributed by atoms with Crippen LogP contribution in [0.1, 0.15) is 19.3 Å². The minimum atomic E-state index is -0.341. The van der Waals surface area contributed by atoms with Crippen molar-refractivity contribution in [2.75, 3.05) is 25.1 Å². The number of carbonyl (C=O) groups excluding carboxylic acids is 2. The second kappa shape index (κ2) is 9.21. The van der Waals surface area contributed by atoms with E-state index in [1.807, 2.05) is 18.2 Å². The lowest BCUT2D eigenvalue weighted by Gasteiger charge is -2.17. The number of carbonyl (C=O) groups is 2. The Labute approximate surface area is 163 Å². The molecule has 0 bridgehead atoms. The number of anilines is 1. The highest BCUT2D eigenvalue weighted by Crippen LogP contribution is 2.26. The fourth-order valence-electron chi connectivity index (χ4n) is 3.30. The maximum absolute atomic E-state index is 12.4. The third-order valence-electron chi connectivity index (χ3n) is 4.90. The highest BCUT2D eigenvalue weighted by molar-refractivity contribution is 6.00. The number of methoxy groups -OCH3 is 1. The lowest BCUT2D eigenvalue weighted by Crippen LogP contribution is -2.33. The van der Waals surface area contributed by atoms with E-state index in [0.29, 0.717) is 19.6 Å². The number of pyridine rings is 1. The summed E-state index contributed by atoms with van der Waals surface area (Å²) in [4.78, 5) is 38.0. The van der Waals surface area contributed by atoms with E-state index in [1.165, 1.54) is 6.07 Å².